The molecule has 0 bridgehead atoms. The van der Waals surface area contributed by atoms with Crippen molar-refractivity contribution in [3.05, 3.63) is 30.3 Å². The van der Waals surface area contributed by atoms with Crippen LogP contribution in [0.5, 0.6) is 0 Å². The van der Waals surface area contributed by atoms with Gasteiger partial charge in [-0.05, 0) is 18.6 Å². The van der Waals surface area contributed by atoms with Gasteiger partial charge in [-0.1, -0.05) is 30.3 Å². The molecule has 3 nitrogen and oxygen atoms in total. The maximum atomic E-state index is 8.50. The SMILES string of the molecule is CCC(C/C(N)=N/O)Sc1ccccc1. The van der Waals surface area contributed by atoms with Gasteiger partial charge >= 0.3 is 0 Å². The van der Waals surface area contributed by atoms with E-state index in [9.17, 15) is 0 Å². The molecule has 0 aliphatic carbocycles. The predicted octanol–water partition coefficient (Wildman–Crippen LogP) is 2.69. The highest BCUT2D eigenvalue weighted by atomic mass is 32.2. The van der Waals surface area contributed by atoms with Crippen molar-refractivity contribution < 1.29 is 5.21 Å². The van der Waals surface area contributed by atoms with Gasteiger partial charge in [0.1, 0.15) is 5.84 Å². The average molecular weight is 224 g/mol. The van der Waals surface area contributed by atoms with Crippen molar-refractivity contribution in [2.45, 2.75) is 29.9 Å². The zero-order valence-electron chi connectivity index (χ0n) is 8.76. The fourth-order valence-corrected chi connectivity index (χ4v) is 2.35. The lowest BCUT2D eigenvalue weighted by Gasteiger charge is -2.13. The Morgan fingerprint density at radius 2 is 2.13 bits per heavy atom. The largest absolute Gasteiger partial charge is 0.409 e. The lowest BCUT2D eigenvalue weighted by atomic mass is 10.2. The van der Waals surface area contributed by atoms with Gasteiger partial charge in [0.2, 0.25) is 0 Å². The molecule has 0 aliphatic heterocycles. The molecule has 0 saturated carbocycles. The van der Waals surface area contributed by atoms with Crippen molar-refractivity contribution in [2.24, 2.45) is 10.9 Å². The Morgan fingerprint density at radius 1 is 1.47 bits per heavy atom. The van der Waals surface area contributed by atoms with E-state index >= 15 is 0 Å². The summed E-state index contributed by atoms with van der Waals surface area (Å²) < 4.78 is 0. The van der Waals surface area contributed by atoms with Gasteiger partial charge in [-0.25, -0.2) is 0 Å². The van der Waals surface area contributed by atoms with Crippen LogP contribution in [0.4, 0.5) is 0 Å². The van der Waals surface area contributed by atoms with Crippen LogP contribution in [0.25, 0.3) is 0 Å². The number of thioether (sulfide) groups is 1. The quantitative estimate of drug-likeness (QED) is 0.266. The highest BCUT2D eigenvalue weighted by Gasteiger charge is 2.10. The lowest BCUT2D eigenvalue weighted by molar-refractivity contribution is 0.316. The molecule has 0 heterocycles. The van der Waals surface area contributed by atoms with E-state index in [0.29, 0.717) is 17.5 Å². The van der Waals surface area contributed by atoms with Crippen LogP contribution >= 0.6 is 11.8 Å². The topological polar surface area (TPSA) is 58.6 Å². The van der Waals surface area contributed by atoms with Crippen molar-refractivity contribution in [1.29, 1.82) is 0 Å². The van der Waals surface area contributed by atoms with E-state index in [2.05, 4.69) is 24.2 Å². The van der Waals surface area contributed by atoms with E-state index in [0.717, 1.165) is 6.42 Å². The maximum absolute atomic E-state index is 8.50. The molecule has 0 fully saturated rings. The van der Waals surface area contributed by atoms with Crippen LogP contribution in [0.1, 0.15) is 19.8 Å². The first-order valence-corrected chi connectivity index (χ1v) is 5.82. The van der Waals surface area contributed by atoms with Crippen LogP contribution < -0.4 is 5.73 Å². The third-order valence-electron chi connectivity index (χ3n) is 2.07. The van der Waals surface area contributed by atoms with Crippen LogP contribution in [-0.2, 0) is 0 Å². The first-order chi connectivity index (χ1) is 7.26. The monoisotopic (exact) mass is 224 g/mol. The summed E-state index contributed by atoms with van der Waals surface area (Å²) in [5, 5.41) is 11.9. The number of oxime groups is 1. The van der Waals surface area contributed by atoms with E-state index in [-0.39, 0.29) is 0 Å². The van der Waals surface area contributed by atoms with Crippen molar-refractivity contribution in [2.75, 3.05) is 0 Å². The summed E-state index contributed by atoms with van der Waals surface area (Å²) >= 11 is 1.76. The highest BCUT2D eigenvalue weighted by Crippen LogP contribution is 2.26. The molecule has 0 aliphatic rings. The van der Waals surface area contributed by atoms with Gasteiger partial charge < -0.3 is 10.9 Å². The molecule has 1 aromatic rings. The Labute approximate surface area is 94.4 Å². The van der Waals surface area contributed by atoms with Crippen LogP contribution in [0.3, 0.4) is 0 Å². The van der Waals surface area contributed by atoms with Crippen molar-refractivity contribution >= 4 is 17.6 Å². The zero-order valence-corrected chi connectivity index (χ0v) is 9.57. The number of amidine groups is 1. The van der Waals surface area contributed by atoms with Gasteiger partial charge in [0.25, 0.3) is 0 Å². The van der Waals surface area contributed by atoms with Gasteiger partial charge in [-0.2, -0.15) is 0 Å². The van der Waals surface area contributed by atoms with Gasteiger partial charge in [0.15, 0.2) is 0 Å². The van der Waals surface area contributed by atoms with Crippen molar-refractivity contribution in [1.82, 2.24) is 0 Å². The minimum Gasteiger partial charge on any atom is -0.409 e. The molecule has 1 rings (SSSR count). The van der Waals surface area contributed by atoms with Gasteiger partial charge in [-0.15, -0.1) is 11.8 Å². The van der Waals surface area contributed by atoms with E-state index in [1.54, 1.807) is 11.8 Å². The molecule has 0 amide bonds. The number of nitrogens with two attached hydrogens (primary N) is 1. The molecular formula is C11H16N2OS. The fraction of sp³-hybridized carbons (Fsp3) is 0.364. The number of hydrogen-bond donors (Lipinski definition) is 2. The Hall–Kier alpha value is -1.16. The van der Waals surface area contributed by atoms with Gasteiger partial charge in [-0.3, -0.25) is 0 Å². The van der Waals surface area contributed by atoms with Crippen LogP contribution in [0.15, 0.2) is 40.4 Å². The Morgan fingerprint density at radius 3 is 2.67 bits per heavy atom. The van der Waals surface area contributed by atoms with Crippen LogP contribution in [-0.4, -0.2) is 16.3 Å². The second-order valence-electron chi connectivity index (χ2n) is 3.26. The summed E-state index contributed by atoms with van der Waals surface area (Å²) in [5.41, 5.74) is 5.49. The first kappa shape index (κ1) is 11.9. The Bertz CT molecular complexity index is 314. The average Bonchev–Trinajstić information content (AvgIpc) is 2.29. The van der Waals surface area contributed by atoms with Crippen LogP contribution in [0, 0.1) is 0 Å². The third-order valence-corrected chi connectivity index (χ3v) is 3.44. The molecule has 1 atom stereocenters. The predicted molar refractivity (Wildman–Crippen MR) is 64.4 cm³/mol. The molecule has 0 radical (unpaired) electrons. The molecule has 3 N–H and O–H groups in total. The summed E-state index contributed by atoms with van der Waals surface area (Å²) in [5.74, 6) is 0.297. The van der Waals surface area contributed by atoms with E-state index in [1.807, 2.05) is 18.2 Å². The number of nitrogens with zero attached hydrogens (tertiary/aromatic N) is 1. The highest BCUT2D eigenvalue weighted by molar-refractivity contribution is 8.00. The minimum absolute atomic E-state index is 0.297. The second kappa shape index (κ2) is 6.35. The summed E-state index contributed by atoms with van der Waals surface area (Å²) in [4.78, 5) is 1.22. The molecule has 0 saturated heterocycles. The Kier molecular flexibility index (Phi) is 5.04. The smallest absolute Gasteiger partial charge is 0.140 e. The number of benzene rings is 1. The number of hydrogen-bond acceptors (Lipinski definition) is 3. The summed E-state index contributed by atoms with van der Waals surface area (Å²) in [7, 11) is 0. The number of rotatable bonds is 5. The zero-order chi connectivity index (χ0) is 11.1. The van der Waals surface area contributed by atoms with E-state index < -0.39 is 0 Å². The summed E-state index contributed by atoms with van der Waals surface area (Å²) in [6.45, 7) is 2.10. The van der Waals surface area contributed by atoms with E-state index in [1.165, 1.54) is 4.90 Å². The van der Waals surface area contributed by atoms with Crippen molar-refractivity contribution in [3.63, 3.8) is 0 Å². The molecule has 82 valence electrons. The summed E-state index contributed by atoms with van der Waals surface area (Å²) in [6, 6.07) is 10.2. The molecule has 1 unspecified atom stereocenters. The second-order valence-corrected chi connectivity index (χ2v) is 4.63. The summed E-state index contributed by atoms with van der Waals surface area (Å²) in [6.07, 6.45) is 1.61. The molecular weight excluding hydrogens is 208 g/mol. The maximum Gasteiger partial charge on any atom is 0.140 e. The van der Waals surface area contributed by atoms with Crippen LogP contribution in [0.2, 0.25) is 0 Å². The van der Waals surface area contributed by atoms with E-state index in [4.69, 9.17) is 10.9 Å². The third kappa shape index (κ3) is 4.25. The fourth-order valence-electron chi connectivity index (χ4n) is 1.23. The normalized spacial score (nSPS) is 13.8. The Balaban J connectivity index is 2.54. The molecule has 1 aromatic carbocycles. The first-order valence-electron chi connectivity index (χ1n) is 4.94. The standard InChI is InChI=1S/C11H16N2OS/c1-2-9(8-11(12)13-14)15-10-6-4-3-5-7-10/h3-7,9,14H,2,8H2,1H3,(H2,12,13). The molecule has 15 heavy (non-hydrogen) atoms. The molecule has 4 heteroatoms. The minimum atomic E-state index is 0.297. The molecule has 0 aromatic heterocycles. The molecule has 0 spiro atoms. The van der Waals surface area contributed by atoms with Gasteiger partial charge in [0.05, 0.1) is 0 Å². The lowest BCUT2D eigenvalue weighted by Crippen LogP contribution is -2.18. The van der Waals surface area contributed by atoms with Gasteiger partial charge in [0, 0.05) is 16.6 Å². The van der Waals surface area contributed by atoms with Crippen molar-refractivity contribution in [3.8, 4) is 0 Å².